The highest BCUT2D eigenvalue weighted by Gasteiger charge is 2.78. The largest absolute Gasteiger partial charge is 0.461 e. The molecule has 200 valence electrons. The number of carbonyl (C=O) groups is 3. The van der Waals surface area contributed by atoms with Crippen LogP contribution in [0, 0.1) is 11.8 Å². The summed E-state index contributed by atoms with van der Waals surface area (Å²) in [6, 6.07) is 8.16. The number of ether oxygens (including phenoxy) is 1. The van der Waals surface area contributed by atoms with Crippen LogP contribution in [0.3, 0.4) is 0 Å². The normalized spacial score (nSPS) is 30.8. The summed E-state index contributed by atoms with van der Waals surface area (Å²) in [5.74, 6) is -2.17. The summed E-state index contributed by atoms with van der Waals surface area (Å²) in [5.41, 5.74) is 0.966. The molecule has 4 rings (SSSR count). The van der Waals surface area contributed by atoms with Gasteiger partial charge >= 0.3 is 5.97 Å². The van der Waals surface area contributed by atoms with Gasteiger partial charge in [0.1, 0.15) is 12.6 Å². The van der Waals surface area contributed by atoms with Gasteiger partial charge in [0.25, 0.3) is 0 Å². The van der Waals surface area contributed by atoms with Gasteiger partial charge in [-0.2, -0.15) is 0 Å². The summed E-state index contributed by atoms with van der Waals surface area (Å²) in [6.07, 6.45) is 4.97. The van der Waals surface area contributed by atoms with Crippen LogP contribution in [0.2, 0.25) is 0 Å². The molecule has 3 aliphatic rings. The minimum absolute atomic E-state index is 0.0732. The van der Waals surface area contributed by atoms with Crippen LogP contribution in [0.25, 0.3) is 0 Å². The molecule has 3 fully saturated rings. The Morgan fingerprint density at radius 1 is 1.24 bits per heavy atom. The summed E-state index contributed by atoms with van der Waals surface area (Å²) in [5, 5.41) is 10.5. The van der Waals surface area contributed by atoms with E-state index in [0.717, 1.165) is 5.56 Å². The number of thioether (sulfide) groups is 1. The van der Waals surface area contributed by atoms with Gasteiger partial charge in [-0.15, -0.1) is 18.3 Å². The van der Waals surface area contributed by atoms with Crippen LogP contribution in [0.15, 0.2) is 55.6 Å². The molecular weight excluding hydrogens is 488 g/mol. The van der Waals surface area contributed by atoms with Crippen molar-refractivity contribution in [2.24, 2.45) is 11.8 Å². The predicted molar refractivity (Wildman–Crippen MR) is 145 cm³/mol. The average molecular weight is 527 g/mol. The van der Waals surface area contributed by atoms with E-state index in [2.05, 4.69) is 13.2 Å². The number of aliphatic hydroxyl groups is 1. The van der Waals surface area contributed by atoms with E-state index in [1.165, 1.54) is 6.08 Å². The van der Waals surface area contributed by atoms with Crippen molar-refractivity contribution in [3.05, 3.63) is 61.2 Å². The van der Waals surface area contributed by atoms with E-state index in [1.807, 2.05) is 51.1 Å². The minimum atomic E-state index is -0.794. The van der Waals surface area contributed by atoms with Crippen molar-refractivity contribution < 1.29 is 24.2 Å². The molecule has 0 saturated carbocycles. The highest BCUT2D eigenvalue weighted by atomic mass is 32.2. The Hall–Kier alpha value is -2.58. The van der Waals surface area contributed by atoms with E-state index < -0.39 is 39.4 Å². The maximum Gasteiger partial charge on any atom is 0.311 e. The molecule has 6 atom stereocenters. The number of amides is 2. The fourth-order valence-electron chi connectivity index (χ4n) is 6.61. The summed E-state index contributed by atoms with van der Waals surface area (Å²) in [6.45, 7) is 13.5. The van der Waals surface area contributed by atoms with E-state index >= 15 is 0 Å². The molecule has 3 saturated heterocycles. The van der Waals surface area contributed by atoms with Crippen LogP contribution in [-0.2, 0) is 25.5 Å². The number of aliphatic hydroxyl groups excluding tert-OH is 1. The van der Waals surface area contributed by atoms with Crippen LogP contribution in [0.4, 0.5) is 0 Å². The first-order valence-corrected chi connectivity index (χ1v) is 13.8. The molecule has 3 heterocycles. The Morgan fingerprint density at radius 2 is 1.95 bits per heavy atom. The van der Waals surface area contributed by atoms with E-state index in [0.29, 0.717) is 25.8 Å². The number of likely N-dealkylation sites (tertiary alicyclic amines) is 1. The fraction of sp³-hybridized carbons (Fsp3) is 0.552. The molecule has 0 aliphatic carbocycles. The predicted octanol–water partition coefficient (Wildman–Crippen LogP) is 3.22. The Balaban J connectivity index is 1.81. The summed E-state index contributed by atoms with van der Waals surface area (Å²) in [4.78, 5) is 45.4. The lowest BCUT2D eigenvalue weighted by Gasteiger charge is -2.40. The molecule has 1 aromatic rings. The molecule has 0 aromatic heterocycles. The Bertz CT molecular complexity index is 1060. The first kappa shape index (κ1) is 27.5. The van der Waals surface area contributed by atoms with E-state index in [4.69, 9.17) is 4.74 Å². The molecule has 7 nitrogen and oxygen atoms in total. The van der Waals surface area contributed by atoms with Crippen LogP contribution in [0.5, 0.6) is 0 Å². The summed E-state index contributed by atoms with van der Waals surface area (Å²) < 4.78 is 4.22. The number of nitrogens with zero attached hydrogens (tertiary/aromatic N) is 2. The number of benzene rings is 1. The van der Waals surface area contributed by atoms with Gasteiger partial charge in [0, 0.05) is 17.3 Å². The third kappa shape index (κ3) is 4.52. The molecular formula is C29H38N2O5S. The topological polar surface area (TPSA) is 87.1 Å². The number of hydrogen-bond acceptors (Lipinski definition) is 6. The summed E-state index contributed by atoms with van der Waals surface area (Å²) in [7, 11) is 0. The molecule has 37 heavy (non-hydrogen) atoms. The number of fused-ring (bicyclic) bond motifs is 1. The summed E-state index contributed by atoms with van der Waals surface area (Å²) >= 11 is 1.60. The van der Waals surface area contributed by atoms with Crippen LogP contribution < -0.4 is 0 Å². The van der Waals surface area contributed by atoms with Crippen molar-refractivity contribution in [3.63, 3.8) is 0 Å². The molecule has 2 bridgehead atoms. The number of esters is 1. The lowest BCUT2D eigenvalue weighted by molar-refractivity contribution is -0.155. The Labute approximate surface area is 223 Å². The van der Waals surface area contributed by atoms with Crippen LogP contribution in [0.1, 0.15) is 39.2 Å². The molecule has 1 aromatic carbocycles. The van der Waals surface area contributed by atoms with Gasteiger partial charge in [-0.1, -0.05) is 49.1 Å². The van der Waals surface area contributed by atoms with Crippen LogP contribution in [-0.4, -0.2) is 80.1 Å². The lowest BCUT2D eigenvalue weighted by Crippen LogP contribution is -2.58. The molecule has 1 N–H and O–H groups in total. The zero-order chi connectivity index (χ0) is 27.0. The molecule has 1 spiro atoms. The second-order valence-corrected chi connectivity index (χ2v) is 12.7. The third-order valence-corrected chi connectivity index (χ3v) is 10.2. The van der Waals surface area contributed by atoms with Gasteiger partial charge in [0.15, 0.2) is 0 Å². The highest BCUT2D eigenvalue weighted by Crippen LogP contribution is 2.71. The van der Waals surface area contributed by atoms with Crippen molar-refractivity contribution in [2.75, 3.05) is 19.8 Å². The first-order chi connectivity index (χ1) is 17.6. The van der Waals surface area contributed by atoms with Crippen molar-refractivity contribution in [2.45, 2.75) is 67.7 Å². The molecule has 2 unspecified atom stereocenters. The second-order valence-electron chi connectivity index (χ2n) is 10.8. The third-order valence-electron chi connectivity index (χ3n) is 8.20. The van der Waals surface area contributed by atoms with Crippen LogP contribution >= 0.6 is 11.8 Å². The van der Waals surface area contributed by atoms with E-state index in [-0.39, 0.29) is 31.1 Å². The fourth-order valence-corrected chi connectivity index (χ4v) is 8.94. The van der Waals surface area contributed by atoms with Crippen molar-refractivity contribution in [1.29, 1.82) is 0 Å². The van der Waals surface area contributed by atoms with Crippen molar-refractivity contribution >= 4 is 29.5 Å². The highest BCUT2D eigenvalue weighted by molar-refractivity contribution is 8.02. The lowest BCUT2D eigenvalue weighted by atomic mass is 9.66. The second kappa shape index (κ2) is 10.7. The quantitative estimate of drug-likeness (QED) is 0.352. The van der Waals surface area contributed by atoms with E-state index in [9.17, 15) is 19.5 Å². The number of rotatable bonds is 11. The molecule has 0 radical (unpaired) electrons. The Kier molecular flexibility index (Phi) is 7.91. The number of carbonyl (C=O) groups excluding carboxylic acids is 3. The van der Waals surface area contributed by atoms with Gasteiger partial charge in [-0.3, -0.25) is 14.4 Å². The van der Waals surface area contributed by atoms with Gasteiger partial charge in [-0.05, 0) is 45.6 Å². The maximum atomic E-state index is 14.3. The van der Waals surface area contributed by atoms with Gasteiger partial charge < -0.3 is 19.6 Å². The molecule has 8 heteroatoms. The smallest absolute Gasteiger partial charge is 0.311 e. The minimum Gasteiger partial charge on any atom is -0.461 e. The molecule has 2 amide bonds. The Morgan fingerprint density at radius 3 is 2.54 bits per heavy atom. The molecule has 3 aliphatic heterocycles. The SMILES string of the molecule is C=CCOC(=O)[C@H]1[C@H]2C(=O)N([C@@H](CO)Cc3ccccc3)C(C(=O)N(CC=C)C(C)C)C23CC[C@]1(C)S3. The maximum absolute atomic E-state index is 14.3. The standard InChI is InChI=1S/C29H38N2O5S/c1-6-15-30(19(3)4)26(34)24-29-14-13-28(5,37-29)23(27(35)36-16-7-2)22(29)25(33)31(24)21(18-32)17-20-11-9-8-10-12-20/h6-12,19,21-24,32H,1-2,13-18H2,3-5H3/t21-,22+,23-,24?,28+,29?/m1/s1. The monoisotopic (exact) mass is 526 g/mol. The number of hydrogen-bond donors (Lipinski definition) is 1. The first-order valence-electron chi connectivity index (χ1n) is 13.0. The zero-order valence-corrected chi connectivity index (χ0v) is 22.8. The average Bonchev–Trinajstić information content (AvgIpc) is 3.45. The van der Waals surface area contributed by atoms with Gasteiger partial charge in [0.05, 0.1) is 29.2 Å². The zero-order valence-electron chi connectivity index (χ0n) is 22.0. The van der Waals surface area contributed by atoms with E-state index in [1.54, 1.807) is 27.6 Å². The van der Waals surface area contributed by atoms with Gasteiger partial charge in [-0.25, -0.2) is 0 Å². The van der Waals surface area contributed by atoms with Gasteiger partial charge in [0.2, 0.25) is 11.8 Å². The van der Waals surface area contributed by atoms with Crippen molar-refractivity contribution in [1.82, 2.24) is 9.80 Å². The van der Waals surface area contributed by atoms with Crippen molar-refractivity contribution in [3.8, 4) is 0 Å².